The van der Waals surface area contributed by atoms with Gasteiger partial charge in [-0.15, -0.1) is 0 Å². The molecule has 3 heteroatoms. The normalized spacial score (nSPS) is 33.6. The van der Waals surface area contributed by atoms with Gasteiger partial charge in [0.05, 0.1) is 11.7 Å². The average Bonchev–Trinajstić information content (AvgIpc) is 3.09. The minimum atomic E-state index is -0.0889. The number of rotatable bonds is 3. The van der Waals surface area contributed by atoms with Crippen LogP contribution in [-0.2, 0) is 4.79 Å². The van der Waals surface area contributed by atoms with Crippen LogP contribution in [0.15, 0.2) is 47.1 Å². The van der Waals surface area contributed by atoms with Crippen LogP contribution in [0.1, 0.15) is 38.5 Å². The van der Waals surface area contributed by atoms with Gasteiger partial charge >= 0.3 is 0 Å². The molecule has 0 atom stereocenters. The number of amides is 1. The molecule has 1 N–H and O–H groups in total. The van der Waals surface area contributed by atoms with E-state index in [9.17, 15) is 4.79 Å². The third-order valence-corrected chi connectivity index (χ3v) is 6.47. The number of anilines is 1. The molecule has 3 nitrogen and oxygen atoms in total. The molecule has 124 valence electrons. The molecule has 0 radical (unpaired) electrons. The Hall–Kier alpha value is -2.03. The summed E-state index contributed by atoms with van der Waals surface area (Å²) in [4.78, 5) is 13.1. The SMILES string of the molecule is O=C(Nc1ccc(-c2ccco2)cc1)C12CC3CC(CC(C3)C1)C2. The number of benzene rings is 1. The van der Waals surface area contributed by atoms with Crippen LogP contribution in [0.3, 0.4) is 0 Å². The lowest BCUT2D eigenvalue weighted by Gasteiger charge is -2.55. The molecule has 0 saturated heterocycles. The third kappa shape index (κ3) is 2.29. The first-order chi connectivity index (χ1) is 11.7. The average molecular weight is 321 g/mol. The van der Waals surface area contributed by atoms with Gasteiger partial charge < -0.3 is 9.73 Å². The summed E-state index contributed by atoms with van der Waals surface area (Å²) >= 11 is 0. The number of carbonyl (C=O) groups is 1. The third-order valence-electron chi connectivity index (χ3n) is 6.47. The van der Waals surface area contributed by atoms with Crippen molar-refractivity contribution < 1.29 is 9.21 Å². The maximum atomic E-state index is 13.1. The van der Waals surface area contributed by atoms with E-state index >= 15 is 0 Å². The zero-order valence-corrected chi connectivity index (χ0v) is 13.8. The number of nitrogens with one attached hydrogen (secondary N) is 1. The molecule has 24 heavy (non-hydrogen) atoms. The molecule has 0 aliphatic heterocycles. The van der Waals surface area contributed by atoms with E-state index in [2.05, 4.69) is 5.32 Å². The van der Waals surface area contributed by atoms with Crippen molar-refractivity contribution in [1.82, 2.24) is 0 Å². The predicted octanol–water partition coefficient (Wildman–Crippen LogP) is 5.10. The van der Waals surface area contributed by atoms with Crippen molar-refractivity contribution in [1.29, 1.82) is 0 Å². The van der Waals surface area contributed by atoms with E-state index in [-0.39, 0.29) is 11.3 Å². The van der Waals surface area contributed by atoms with E-state index in [1.165, 1.54) is 19.3 Å². The first-order valence-electron chi connectivity index (χ1n) is 9.16. The highest BCUT2D eigenvalue weighted by Gasteiger charge is 2.54. The Balaban J connectivity index is 1.33. The molecule has 6 rings (SSSR count). The van der Waals surface area contributed by atoms with E-state index in [1.807, 2.05) is 36.4 Å². The van der Waals surface area contributed by atoms with Crippen molar-refractivity contribution in [3.63, 3.8) is 0 Å². The summed E-state index contributed by atoms with van der Waals surface area (Å²) in [6, 6.07) is 11.8. The van der Waals surface area contributed by atoms with Crippen LogP contribution in [0.5, 0.6) is 0 Å². The second-order valence-electron chi connectivity index (χ2n) is 8.21. The van der Waals surface area contributed by atoms with Gasteiger partial charge in [-0.3, -0.25) is 4.79 Å². The van der Waals surface area contributed by atoms with Crippen LogP contribution in [0.2, 0.25) is 0 Å². The molecule has 1 aromatic carbocycles. The highest BCUT2D eigenvalue weighted by molar-refractivity contribution is 5.95. The monoisotopic (exact) mass is 321 g/mol. The smallest absolute Gasteiger partial charge is 0.230 e. The van der Waals surface area contributed by atoms with Gasteiger partial charge in [0.2, 0.25) is 5.91 Å². The van der Waals surface area contributed by atoms with Gasteiger partial charge in [-0.05, 0) is 92.7 Å². The van der Waals surface area contributed by atoms with E-state index in [0.717, 1.165) is 54.0 Å². The Bertz CT molecular complexity index is 709. The fraction of sp³-hybridized carbons (Fsp3) is 0.476. The second-order valence-corrected chi connectivity index (χ2v) is 8.21. The summed E-state index contributed by atoms with van der Waals surface area (Å²) in [7, 11) is 0. The minimum absolute atomic E-state index is 0.0889. The molecule has 1 amide bonds. The molecule has 4 fully saturated rings. The molecule has 2 aromatic rings. The van der Waals surface area contributed by atoms with Crippen molar-refractivity contribution in [2.45, 2.75) is 38.5 Å². The van der Waals surface area contributed by atoms with Gasteiger partial charge in [0.25, 0.3) is 0 Å². The van der Waals surface area contributed by atoms with Gasteiger partial charge in [-0.2, -0.15) is 0 Å². The highest BCUT2D eigenvalue weighted by atomic mass is 16.3. The predicted molar refractivity (Wildman–Crippen MR) is 93.4 cm³/mol. The van der Waals surface area contributed by atoms with Gasteiger partial charge in [0.1, 0.15) is 5.76 Å². The lowest BCUT2D eigenvalue weighted by Crippen LogP contribution is -2.51. The van der Waals surface area contributed by atoms with Gasteiger partial charge in [-0.25, -0.2) is 0 Å². The molecule has 1 aromatic heterocycles. The number of hydrogen-bond acceptors (Lipinski definition) is 2. The van der Waals surface area contributed by atoms with Crippen LogP contribution in [0, 0.1) is 23.2 Å². The summed E-state index contributed by atoms with van der Waals surface area (Å²) < 4.78 is 5.42. The topological polar surface area (TPSA) is 42.2 Å². The first-order valence-corrected chi connectivity index (χ1v) is 9.16. The van der Waals surface area contributed by atoms with Crippen LogP contribution in [0.4, 0.5) is 5.69 Å². The molecule has 1 heterocycles. The molecule has 4 saturated carbocycles. The largest absolute Gasteiger partial charge is 0.464 e. The molecular formula is C21H23NO2. The first kappa shape index (κ1) is 14.3. The minimum Gasteiger partial charge on any atom is -0.464 e. The Morgan fingerprint density at radius 1 is 0.958 bits per heavy atom. The molecule has 4 bridgehead atoms. The van der Waals surface area contributed by atoms with Crippen LogP contribution < -0.4 is 5.32 Å². The number of carbonyl (C=O) groups excluding carboxylic acids is 1. The summed E-state index contributed by atoms with van der Waals surface area (Å²) in [6.07, 6.45) is 9.09. The maximum Gasteiger partial charge on any atom is 0.230 e. The quantitative estimate of drug-likeness (QED) is 0.854. The molecule has 4 aliphatic carbocycles. The molecule has 0 unspecified atom stereocenters. The van der Waals surface area contributed by atoms with Crippen LogP contribution in [0.25, 0.3) is 11.3 Å². The lowest BCUT2D eigenvalue weighted by atomic mass is 9.49. The van der Waals surface area contributed by atoms with Gasteiger partial charge in [-0.1, -0.05) is 0 Å². The Morgan fingerprint density at radius 3 is 2.12 bits per heavy atom. The van der Waals surface area contributed by atoms with E-state index < -0.39 is 0 Å². The molecular weight excluding hydrogens is 298 g/mol. The van der Waals surface area contributed by atoms with E-state index in [0.29, 0.717) is 0 Å². The Labute approximate surface area is 142 Å². The fourth-order valence-electron chi connectivity index (χ4n) is 5.81. The van der Waals surface area contributed by atoms with Gasteiger partial charge in [0, 0.05) is 11.3 Å². The summed E-state index contributed by atoms with van der Waals surface area (Å²) in [6.45, 7) is 0. The zero-order chi connectivity index (χ0) is 16.1. The Morgan fingerprint density at radius 2 is 1.58 bits per heavy atom. The van der Waals surface area contributed by atoms with E-state index in [1.54, 1.807) is 6.26 Å². The summed E-state index contributed by atoms with van der Waals surface area (Å²) in [5.41, 5.74) is 1.84. The van der Waals surface area contributed by atoms with Crippen LogP contribution in [-0.4, -0.2) is 5.91 Å². The zero-order valence-electron chi connectivity index (χ0n) is 13.8. The standard InChI is InChI=1S/C21H23NO2/c23-20(21-11-14-8-15(12-21)10-16(9-14)13-21)22-18-5-3-17(4-6-18)19-2-1-7-24-19/h1-7,14-16H,8-13H2,(H,22,23). The number of furan rings is 1. The van der Waals surface area contributed by atoms with Gasteiger partial charge in [0.15, 0.2) is 0 Å². The van der Waals surface area contributed by atoms with Crippen molar-refractivity contribution in [3.8, 4) is 11.3 Å². The second kappa shape index (κ2) is 5.23. The molecule has 0 spiro atoms. The maximum absolute atomic E-state index is 13.1. The van der Waals surface area contributed by atoms with Crippen molar-refractivity contribution in [2.75, 3.05) is 5.32 Å². The van der Waals surface area contributed by atoms with E-state index in [4.69, 9.17) is 4.42 Å². The highest BCUT2D eigenvalue weighted by Crippen LogP contribution is 2.60. The summed E-state index contributed by atoms with van der Waals surface area (Å²) in [5.74, 6) is 3.50. The van der Waals surface area contributed by atoms with Crippen molar-refractivity contribution in [2.24, 2.45) is 23.2 Å². The summed E-state index contributed by atoms with van der Waals surface area (Å²) in [5, 5.41) is 3.20. The lowest BCUT2D eigenvalue weighted by molar-refractivity contribution is -0.140. The van der Waals surface area contributed by atoms with Crippen molar-refractivity contribution >= 4 is 11.6 Å². The Kier molecular flexibility index (Phi) is 3.12. The van der Waals surface area contributed by atoms with Crippen molar-refractivity contribution in [3.05, 3.63) is 42.7 Å². The molecule has 4 aliphatic rings. The fourth-order valence-corrected chi connectivity index (χ4v) is 5.81. The van der Waals surface area contributed by atoms with Crippen LogP contribution >= 0.6 is 0 Å². The number of hydrogen-bond donors (Lipinski definition) is 1.